The summed E-state index contributed by atoms with van der Waals surface area (Å²) in [5.74, 6) is -1.75. The highest BCUT2D eigenvalue weighted by Crippen LogP contribution is 2.34. The lowest BCUT2D eigenvalue weighted by Gasteiger charge is -2.26. The number of hydrogen-bond acceptors (Lipinski definition) is 10. The van der Waals surface area contributed by atoms with E-state index in [9.17, 15) is 31.7 Å². The van der Waals surface area contributed by atoms with E-state index in [4.69, 9.17) is 9.90 Å². The Morgan fingerprint density at radius 2 is 1.95 bits per heavy atom. The number of imidazole rings is 1. The average Bonchev–Trinajstić information content (AvgIpc) is 3.52. The summed E-state index contributed by atoms with van der Waals surface area (Å²) in [6.07, 6.45) is -1.59. The summed E-state index contributed by atoms with van der Waals surface area (Å²) in [4.78, 5) is 24.7. The van der Waals surface area contributed by atoms with Crippen LogP contribution in [0.2, 0.25) is 0 Å². The average molecular weight is 628 g/mol. The summed E-state index contributed by atoms with van der Waals surface area (Å²) < 4.78 is 71.0. The lowest BCUT2D eigenvalue weighted by molar-refractivity contribution is -0.384. The van der Waals surface area contributed by atoms with E-state index in [1.54, 1.807) is 18.2 Å². The van der Waals surface area contributed by atoms with Crippen molar-refractivity contribution in [1.29, 1.82) is 0 Å². The molecule has 18 heteroatoms. The summed E-state index contributed by atoms with van der Waals surface area (Å²) in [5.41, 5.74) is 3.07. The highest BCUT2D eigenvalue weighted by atomic mass is 32.2. The zero-order chi connectivity index (χ0) is 30.8. The van der Waals surface area contributed by atoms with Crippen molar-refractivity contribution in [3.05, 3.63) is 69.3 Å². The Labute approximate surface area is 240 Å². The Bertz CT molecular complexity index is 1750. The van der Waals surface area contributed by atoms with Crippen LogP contribution in [0.5, 0.6) is 0 Å². The van der Waals surface area contributed by atoms with E-state index >= 15 is 0 Å². The van der Waals surface area contributed by atoms with E-state index in [2.05, 4.69) is 28.3 Å². The maximum absolute atomic E-state index is 13.1. The number of carboxylic acid groups (broad SMARTS) is 1. The smallest absolute Gasteiger partial charge is 0.475 e. The Kier molecular flexibility index (Phi) is 8.79. The highest BCUT2D eigenvalue weighted by Gasteiger charge is 2.38. The van der Waals surface area contributed by atoms with Crippen LogP contribution in [0.3, 0.4) is 0 Å². The third-order valence-corrected chi connectivity index (χ3v) is 8.48. The van der Waals surface area contributed by atoms with Crippen LogP contribution in [0.4, 0.5) is 24.5 Å². The van der Waals surface area contributed by atoms with Gasteiger partial charge in [0, 0.05) is 37.3 Å². The Hall–Kier alpha value is -4.16. The largest absolute Gasteiger partial charge is 0.490 e. The number of carbonyl (C=O) groups is 1. The van der Waals surface area contributed by atoms with Crippen molar-refractivity contribution in [1.82, 2.24) is 23.0 Å². The van der Waals surface area contributed by atoms with Gasteiger partial charge >= 0.3 is 12.1 Å². The van der Waals surface area contributed by atoms with Crippen LogP contribution in [-0.4, -0.2) is 54.9 Å². The zero-order valence-corrected chi connectivity index (χ0v) is 23.7. The predicted octanol–water partition coefficient (Wildman–Crippen LogP) is 3.95. The summed E-state index contributed by atoms with van der Waals surface area (Å²) >= 11 is 1.05. The Balaban J connectivity index is 0.000000517. The number of nitrogens with zero attached hydrogens (tertiary/aromatic N) is 5. The number of nitro benzene ring substituents is 1. The minimum Gasteiger partial charge on any atom is -0.475 e. The number of hydrogen-bond donors (Lipinski definition) is 3. The molecule has 0 bridgehead atoms. The summed E-state index contributed by atoms with van der Waals surface area (Å²) in [7, 11) is -4.02. The molecule has 0 aliphatic carbocycles. The number of halogens is 3. The first-order valence-corrected chi connectivity index (χ1v) is 14.5. The first kappa shape index (κ1) is 30.8. The first-order chi connectivity index (χ1) is 19.7. The van der Waals surface area contributed by atoms with Gasteiger partial charge in [-0.1, -0.05) is 12.1 Å². The van der Waals surface area contributed by atoms with Gasteiger partial charge in [0.1, 0.15) is 22.5 Å². The van der Waals surface area contributed by atoms with Crippen LogP contribution in [0.15, 0.2) is 41.4 Å². The molecule has 4 aromatic rings. The van der Waals surface area contributed by atoms with Gasteiger partial charge in [-0.15, -0.1) is 0 Å². The van der Waals surface area contributed by atoms with Crippen LogP contribution in [-0.2, 0) is 34.3 Å². The van der Waals surface area contributed by atoms with E-state index in [0.717, 1.165) is 36.1 Å². The van der Waals surface area contributed by atoms with Crippen LogP contribution < -0.4 is 10.0 Å². The van der Waals surface area contributed by atoms with E-state index < -0.39 is 27.1 Å². The molecule has 1 aliphatic rings. The summed E-state index contributed by atoms with van der Waals surface area (Å²) in [5, 5.41) is 22.4. The lowest BCUT2D eigenvalue weighted by atomic mass is 10.1. The molecule has 224 valence electrons. The number of benzene rings is 2. The third kappa shape index (κ3) is 6.82. The maximum Gasteiger partial charge on any atom is 0.490 e. The molecule has 0 radical (unpaired) electrons. The Morgan fingerprint density at radius 3 is 2.62 bits per heavy atom. The number of anilines is 1. The Morgan fingerprint density at radius 1 is 1.24 bits per heavy atom. The number of fused-ring (bicyclic) bond motifs is 2. The van der Waals surface area contributed by atoms with Crippen molar-refractivity contribution in [3.8, 4) is 0 Å². The van der Waals surface area contributed by atoms with Crippen LogP contribution in [0.25, 0.3) is 11.0 Å². The molecule has 0 amide bonds. The lowest BCUT2D eigenvalue weighted by Crippen LogP contribution is -2.31. The number of aryl methyl sites for hydroxylation is 2. The van der Waals surface area contributed by atoms with E-state index in [1.165, 1.54) is 19.1 Å². The second-order valence-corrected chi connectivity index (χ2v) is 11.6. The fourth-order valence-electron chi connectivity index (χ4n) is 4.50. The highest BCUT2D eigenvalue weighted by molar-refractivity contribution is 7.89. The number of nitrogens with one attached hydrogen (secondary N) is 2. The molecular formula is C24H24F3N7O6S2. The topological polar surface area (TPSA) is 182 Å². The molecule has 0 fully saturated rings. The second-order valence-electron chi connectivity index (χ2n) is 9.35. The van der Waals surface area contributed by atoms with Gasteiger partial charge in [-0.3, -0.25) is 10.1 Å². The molecule has 1 atom stereocenters. The zero-order valence-electron chi connectivity index (χ0n) is 22.0. The third-order valence-electron chi connectivity index (χ3n) is 6.39. The van der Waals surface area contributed by atoms with E-state index in [0.29, 0.717) is 28.8 Å². The molecule has 3 N–H and O–H groups in total. The molecule has 1 aliphatic heterocycles. The van der Waals surface area contributed by atoms with Gasteiger partial charge in [-0.2, -0.15) is 21.9 Å². The molecule has 13 nitrogen and oxygen atoms in total. The van der Waals surface area contributed by atoms with E-state index in [1.807, 2.05) is 13.1 Å². The minimum atomic E-state index is -5.08. The van der Waals surface area contributed by atoms with Crippen LogP contribution in [0.1, 0.15) is 29.1 Å². The quantitative estimate of drug-likeness (QED) is 0.200. The predicted molar refractivity (Wildman–Crippen MR) is 146 cm³/mol. The number of aromatic nitrogens is 4. The second kappa shape index (κ2) is 12.0. The van der Waals surface area contributed by atoms with Crippen molar-refractivity contribution in [2.75, 3.05) is 5.32 Å². The molecule has 0 spiro atoms. The van der Waals surface area contributed by atoms with Crippen molar-refractivity contribution in [3.63, 3.8) is 0 Å². The van der Waals surface area contributed by atoms with Crippen molar-refractivity contribution in [2.24, 2.45) is 0 Å². The minimum absolute atomic E-state index is 0.00689. The number of rotatable bonds is 7. The fraction of sp³-hybridized carbons (Fsp3) is 0.333. The number of carboxylic acids is 1. The van der Waals surface area contributed by atoms with Gasteiger partial charge in [-0.05, 0) is 44.0 Å². The van der Waals surface area contributed by atoms with Crippen molar-refractivity contribution >= 4 is 50.1 Å². The monoisotopic (exact) mass is 627 g/mol. The van der Waals surface area contributed by atoms with Gasteiger partial charge < -0.3 is 15.0 Å². The van der Waals surface area contributed by atoms with Crippen molar-refractivity contribution in [2.45, 2.75) is 56.9 Å². The van der Waals surface area contributed by atoms with Gasteiger partial charge in [0.15, 0.2) is 0 Å². The van der Waals surface area contributed by atoms with E-state index in [-0.39, 0.29) is 28.7 Å². The summed E-state index contributed by atoms with van der Waals surface area (Å²) in [6, 6.07) is 8.20. The fourth-order valence-corrected chi connectivity index (χ4v) is 6.32. The normalized spacial score (nSPS) is 15.0. The molecular weight excluding hydrogens is 603 g/mol. The molecule has 1 unspecified atom stereocenters. The van der Waals surface area contributed by atoms with Crippen molar-refractivity contribution < 1.29 is 36.4 Å². The van der Waals surface area contributed by atoms with Crippen LogP contribution >= 0.6 is 11.7 Å². The van der Waals surface area contributed by atoms with Gasteiger partial charge in [0.05, 0.1) is 27.2 Å². The van der Waals surface area contributed by atoms with Gasteiger partial charge in [-0.25, -0.2) is 22.9 Å². The molecule has 0 saturated heterocycles. The number of nitro groups is 1. The molecule has 42 heavy (non-hydrogen) atoms. The molecule has 0 saturated carbocycles. The molecule has 2 aromatic carbocycles. The number of sulfonamides is 1. The van der Waals surface area contributed by atoms with Crippen LogP contribution in [0, 0.1) is 24.0 Å². The first-order valence-electron chi connectivity index (χ1n) is 12.2. The SMILES string of the molecule is Cc1cn2c(n1)CCC(Nc1ccc(S(=O)(=O)NCc3cccc4nsnc34)c(C)c1[N+](=O)[O-])C2.O=C(O)C(F)(F)F. The van der Waals surface area contributed by atoms with Gasteiger partial charge in [0.2, 0.25) is 10.0 Å². The molecule has 2 aromatic heterocycles. The standard InChI is InChI=1S/C22H23N7O4S2.C2HF3O2/c1-13-11-28-12-16(6-9-20(28)24-13)25-18-7-8-19(14(2)22(18)29(30)31)35(32,33)23-10-15-4-3-5-17-21(15)27-34-26-17;3-2(4,5)1(6)7/h3-5,7-8,11,16,23,25H,6,9-10,12H2,1-2H3;(H,6,7). The summed E-state index contributed by atoms with van der Waals surface area (Å²) in [6.45, 7) is 4.02. The molecule has 5 rings (SSSR count). The molecule has 3 heterocycles. The van der Waals surface area contributed by atoms with Gasteiger partial charge in [0.25, 0.3) is 5.69 Å². The number of alkyl halides is 3. The number of aliphatic carboxylic acids is 1. The maximum atomic E-state index is 13.1.